The van der Waals surface area contributed by atoms with Gasteiger partial charge in [-0.3, -0.25) is 4.98 Å². The van der Waals surface area contributed by atoms with E-state index in [2.05, 4.69) is 10.3 Å². The zero-order valence-electron chi connectivity index (χ0n) is 12.5. The van der Waals surface area contributed by atoms with E-state index in [-0.39, 0.29) is 6.42 Å². The standard InChI is InChI=1S/C14H20N2O5/c1-14(2,3)21-13(19)16-11(12(17)18)6-9-5-10(20-4)8-15-7-9/h5,7-8,11H,6H2,1-4H3,(H,16,19)(H,17,18). The Bertz CT molecular complexity index is 510. The van der Waals surface area contributed by atoms with Crippen LogP contribution in [0.3, 0.4) is 0 Å². The Morgan fingerprint density at radius 3 is 2.57 bits per heavy atom. The van der Waals surface area contributed by atoms with Gasteiger partial charge in [0.25, 0.3) is 0 Å². The number of nitrogens with zero attached hydrogens (tertiary/aromatic N) is 1. The minimum Gasteiger partial charge on any atom is -0.495 e. The van der Waals surface area contributed by atoms with Crippen LogP contribution in [0.5, 0.6) is 5.75 Å². The van der Waals surface area contributed by atoms with E-state index in [4.69, 9.17) is 9.47 Å². The molecule has 1 atom stereocenters. The number of rotatable bonds is 5. The number of amides is 1. The van der Waals surface area contributed by atoms with Crippen LogP contribution in [0.4, 0.5) is 4.79 Å². The molecule has 0 bridgehead atoms. The van der Waals surface area contributed by atoms with Gasteiger partial charge in [0.2, 0.25) is 0 Å². The number of hydrogen-bond donors (Lipinski definition) is 2. The summed E-state index contributed by atoms with van der Waals surface area (Å²) in [7, 11) is 1.49. The minimum atomic E-state index is -1.15. The zero-order chi connectivity index (χ0) is 16.0. The van der Waals surface area contributed by atoms with Crippen molar-refractivity contribution in [2.45, 2.75) is 38.8 Å². The number of pyridine rings is 1. The van der Waals surface area contributed by atoms with Crippen molar-refractivity contribution >= 4 is 12.1 Å². The third kappa shape index (κ3) is 6.11. The van der Waals surface area contributed by atoms with Gasteiger partial charge >= 0.3 is 12.1 Å². The summed E-state index contributed by atoms with van der Waals surface area (Å²) in [5.41, 5.74) is -0.0530. The Labute approximate surface area is 123 Å². The van der Waals surface area contributed by atoms with E-state index in [0.29, 0.717) is 11.3 Å². The fourth-order valence-electron chi connectivity index (χ4n) is 1.57. The normalized spacial score (nSPS) is 12.4. The summed E-state index contributed by atoms with van der Waals surface area (Å²) in [6.07, 6.45) is 2.35. The molecule has 1 amide bonds. The van der Waals surface area contributed by atoms with Gasteiger partial charge in [-0.1, -0.05) is 0 Å². The maximum atomic E-state index is 11.6. The first-order valence-electron chi connectivity index (χ1n) is 6.41. The smallest absolute Gasteiger partial charge is 0.408 e. The molecule has 0 radical (unpaired) electrons. The molecule has 0 aliphatic heterocycles. The average Bonchev–Trinajstić information content (AvgIpc) is 2.36. The molecule has 1 aromatic rings. The summed E-state index contributed by atoms with van der Waals surface area (Å²) in [5.74, 6) is -0.627. The van der Waals surface area contributed by atoms with Crippen LogP contribution in [0.2, 0.25) is 0 Å². The van der Waals surface area contributed by atoms with E-state index in [1.54, 1.807) is 26.8 Å². The predicted molar refractivity (Wildman–Crippen MR) is 75.3 cm³/mol. The van der Waals surface area contributed by atoms with Crippen LogP contribution in [-0.2, 0) is 16.0 Å². The highest BCUT2D eigenvalue weighted by Crippen LogP contribution is 2.13. The number of carbonyl (C=O) groups excluding carboxylic acids is 1. The van der Waals surface area contributed by atoms with Crippen LogP contribution < -0.4 is 10.1 Å². The molecule has 1 aromatic heterocycles. The Kier molecular flexibility index (Phi) is 5.52. The van der Waals surface area contributed by atoms with E-state index in [1.807, 2.05) is 0 Å². The van der Waals surface area contributed by atoms with Gasteiger partial charge in [0.15, 0.2) is 0 Å². The molecule has 0 aliphatic rings. The van der Waals surface area contributed by atoms with Crippen LogP contribution in [0.25, 0.3) is 0 Å². The maximum Gasteiger partial charge on any atom is 0.408 e. The van der Waals surface area contributed by atoms with Gasteiger partial charge in [0, 0.05) is 12.6 Å². The first-order valence-corrected chi connectivity index (χ1v) is 6.41. The second kappa shape index (κ2) is 6.92. The molecular weight excluding hydrogens is 276 g/mol. The third-order valence-electron chi connectivity index (χ3n) is 2.43. The molecule has 0 saturated heterocycles. The summed E-state index contributed by atoms with van der Waals surface area (Å²) in [6.45, 7) is 5.11. The molecule has 21 heavy (non-hydrogen) atoms. The van der Waals surface area contributed by atoms with E-state index >= 15 is 0 Å². The van der Waals surface area contributed by atoms with E-state index in [0.717, 1.165) is 0 Å². The fraction of sp³-hybridized carbons (Fsp3) is 0.500. The van der Waals surface area contributed by atoms with Gasteiger partial charge < -0.3 is 19.9 Å². The highest BCUT2D eigenvalue weighted by Gasteiger charge is 2.24. The summed E-state index contributed by atoms with van der Waals surface area (Å²) < 4.78 is 10.1. The molecule has 1 rings (SSSR count). The summed E-state index contributed by atoms with van der Waals surface area (Å²) in [5, 5.41) is 11.5. The van der Waals surface area contributed by atoms with Crippen LogP contribution in [-0.4, -0.2) is 40.9 Å². The highest BCUT2D eigenvalue weighted by atomic mass is 16.6. The summed E-state index contributed by atoms with van der Waals surface area (Å²) in [6, 6.07) is 0.563. The lowest BCUT2D eigenvalue weighted by atomic mass is 10.1. The van der Waals surface area contributed by atoms with Gasteiger partial charge in [-0.05, 0) is 32.4 Å². The fourth-order valence-corrected chi connectivity index (χ4v) is 1.57. The topological polar surface area (TPSA) is 97.8 Å². The van der Waals surface area contributed by atoms with Crippen LogP contribution in [0.1, 0.15) is 26.3 Å². The van der Waals surface area contributed by atoms with E-state index in [1.165, 1.54) is 19.5 Å². The maximum absolute atomic E-state index is 11.6. The van der Waals surface area contributed by atoms with Crippen LogP contribution >= 0.6 is 0 Å². The SMILES string of the molecule is COc1cncc(CC(NC(=O)OC(C)(C)C)C(=O)O)c1. The average molecular weight is 296 g/mol. The number of hydrogen-bond acceptors (Lipinski definition) is 5. The number of nitrogens with one attached hydrogen (secondary N) is 1. The number of carboxylic acid groups (broad SMARTS) is 1. The Balaban J connectivity index is 2.74. The Morgan fingerprint density at radius 2 is 2.05 bits per heavy atom. The van der Waals surface area contributed by atoms with Gasteiger partial charge in [0.05, 0.1) is 13.3 Å². The van der Waals surface area contributed by atoms with Gasteiger partial charge in [-0.15, -0.1) is 0 Å². The van der Waals surface area contributed by atoms with Gasteiger partial charge in [-0.25, -0.2) is 9.59 Å². The molecule has 0 aromatic carbocycles. The quantitative estimate of drug-likeness (QED) is 0.856. The number of aliphatic carboxylic acids is 1. The second-order valence-corrected chi connectivity index (χ2v) is 5.47. The minimum absolute atomic E-state index is 0.0821. The molecule has 0 spiro atoms. The lowest BCUT2D eigenvalue weighted by molar-refractivity contribution is -0.139. The molecule has 116 valence electrons. The monoisotopic (exact) mass is 296 g/mol. The van der Waals surface area contributed by atoms with Crippen LogP contribution in [0.15, 0.2) is 18.5 Å². The predicted octanol–water partition coefficient (Wildman–Crippen LogP) is 1.61. The lowest BCUT2D eigenvalue weighted by Crippen LogP contribution is -2.44. The summed E-state index contributed by atoms with van der Waals surface area (Å²) >= 11 is 0. The molecule has 1 heterocycles. The highest BCUT2D eigenvalue weighted by molar-refractivity contribution is 5.80. The van der Waals surface area contributed by atoms with Crippen molar-refractivity contribution in [3.63, 3.8) is 0 Å². The van der Waals surface area contributed by atoms with E-state index < -0.39 is 23.7 Å². The van der Waals surface area contributed by atoms with Gasteiger partial charge in [-0.2, -0.15) is 0 Å². The third-order valence-corrected chi connectivity index (χ3v) is 2.43. The molecule has 2 N–H and O–H groups in total. The molecule has 7 nitrogen and oxygen atoms in total. The van der Waals surface area contributed by atoms with Crippen LogP contribution in [0, 0.1) is 0 Å². The zero-order valence-corrected chi connectivity index (χ0v) is 12.5. The Hall–Kier alpha value is -2.31. The number of methoxy groups -OCH3 is 1. The number of ether oxygens (including phenoxy) is 2. The van der Waals surface area contributed by atoms with Crippen molar-refractivity contribution in [3.05, 3.63) is 24.0 Å². The van der Waals surface area contributed by atoms with Crippen molar-refractivity contribution in [1.82, 2.24) is 10.3 Å². The lowest BCUT2D eigenvalue weighted by Gasteiger charge is -2.22. The van der Waals surface area contributed by atoms with Crippen molar-refractivity contribution in [3.8, 4) is 5.75 Å². The molecule has 0 aliphatic carbocycles. The molecule has 0 saturated carbocycles. The largest absolute Gasteiger partial charge is 0.495 e. The van der Waals surface area contributed by atoms with Gasteiger partial charge in [0.1, 0.15) is 17.4 Å². The first-order chi connectivity index (χ1) is 9.71. The van der Waals surface area contributed by atoms with E-state index in [9.17, 15) is 14.7 Å². The molecule has 7 heteroatoms. The number of aromatic nitrogens is 1. The first kappa shape index (κ1) is 16.7. The molecule has 0 fully saturated rings. The van der Waals surface area contributed by atoms with Crippen molar-refractivity contribution in [2.75, 3.05) is 7.11 Å². The number of carboxylic acids is 1. The Morgan fingerprint density at radius 1 is 1.38 bits per heavy atom. The summed E-state index contributed by atoms with van der Waals surface area (Å²) in [4.78, 5) is 26.8. The molecule has 1 unspecified atom stereocenters. The second-order valence-electron chi connectivity index (χ2n) is 5.47. The molecular formula is C14H20N2O5. The number of alkyl carbamates (subject to hydrolysis) is 1. The van der Waals surface area contributed by atoms with Crippen molar-refractivity contribution in [1.29, 1.82) is 0 Å². The van der Waals surface area contributed by atoms with Crippen molar-refractivity contribution in [2.24, 2.45) is 0 Å². The van der Waals surface area contributed by atoms with Crippen molar-refractivity contribution < 1.29 is 24.2 Å². The number of carbonyl (C=O) groups is 2.